The van der Waals surface area contributed by atoms with Gasteiger partial charge in [0.15, 0.2) is 0 Å². The highest BCUT2D eigenvalue weighted by Crippen LogP contribution is 2.37. The van der Waals surface area contributed by atoms with E-state index in [9.17, 15) is 15.0 Å². The molecule has 0 aliphatic carbocycles. The standard InChI is InChI=1S/C17H16O4/c18-14-6-3-4-12(8-14)9-17(16(19)20)10-13-5-1-2-7-15(13)21-11-17/h1-8,18H,9-11H2,(H,19,20). The van der Waals surface area contributed by atoms with Crippen LogP contribution in [0.2, 0.25) is 0 Å². The van der Waals surface area contributed by atoms with Crippen molar-refractivity contribution in [2.75, 3.05) is 6.61 Å². The molecule has 0 saturated carbocycles. The smallest absolute Gasteiger partial charge is 0.313 e. The van der Waals surface area contributed by atoms with E-state index in [2.05, 4.69) is 0 Å². The molecule has 1 aliphatic rings. The molecule has 0 bridgehead atoms. The zero-order chi connectivity index (χ0) is 14.9. The normalized spacial score (nSPS) is 20.4. The third kappa shape index (κ3) is 2.57. The Bertz CT molecular complexity index is 680. The van der Waals surface area contributed by atoms with Crippen LogP contribution in [0.4, 0.5) is 0 Å². The van der Waals surface area contributed by atoms with Gasteiger partial charge in [0.05, 0.1) is 0 Å². The number of aromatic hydroxyl groups is 1. The second-order valence-electron chi connectivity index (χ2n) is 5.51. The topological polar surface area (TPSA) is 66.8 Å². The van der Waals surface area contributed by atoms with Crippen molar-refractivity contribution < 1.29 is 19.7 Å². The van der Waals surface area contributed by atoms with Crippen molar-refractivity contribution in [1.29, 1.82) is 0 Å². The van der Waals surface area contributed by atoms with Gasteiger partial charge in [0.2, 0.25) is 0 Å². The van der Waals surface area contributed by atoms with Gasteiger partial charge in [-0.2, -0.15) is 0 Å². The lowest BCUT2D eigenvalue weighted by Crippen LogP contribution is -2.43. The highest BCUT2D eigenvalue weighted by atomic mass is 16.5. The quantitative estimate of drug-likeness (QED) is 0.909. The Morgan fingerprint density at radius 2 is 2.00 bits per heavy atom. The predicted octanol–water partition coefficient (Wildman–Crippen LogP) is 2.64. The summed E-state index contributed by atoms with van der Waals surface area (Å²) in [5, 5.41) is 19.2. The number of carboxylic acids is 1. The number of ether oxygens (including phenoxy) is 1. The van der Waals surface area contributed by atoms with Gasteiger partial charge in [0.1, 0.15) is 23.5 Å². The number of carboxylic acid groups (broad SMARTS) is 1. The Morgan fingerprint density at radius 1 is 1.19 bits per heavy atom. The van der Waals surface area contributed by atoms with Crippen LogP contribution in [0, 0.1) is 5.41 Å². The summed E-state index contributed by atoms with van der Waals surface area (Å²) in [5.41, 5.74) is 0.703. The molecule has 21 heavy (non-hydrogen) atoms. The summed E-state index contributed by atoms with van der Waals surface area (Å²) in [6.07, 6.45) is 0.749. The van der Waals surface area contributed by atoms with Crippen molar-refractivity contribution in [3.05, 3.63) is 59.7 Å². The summed E-state index contributed by atoms with van der Waals surface area (Å²) in [6.45, 7) is 0.134. The molecule has 108 valence electrons. The number of carbonyl (C=O) groups is 1. The molecule has 1 unspecified atom stereocenters. The van der Waals surface area contributed by atoms with E-state index in [4.69, 9.17) is 4.74 Å². The van der Waals surface area contributed by atoms with Crippen LogP contribution in [-0.4, -0.2) is 22.8 Å². The van der Waals surface area contributed by atoms with E-state index in [1.807, 2.05) is 30.3 Å². The predicted molar refractivity (Wildman–Crippen MR) is 77.5 cm³/mol. The molecule has 0 amide bonds. The average molecular weight is 284 g/mol. The summed E-state index contributed by atoms with van der Waals surface area (Å²) >= 11 is 0. The Morgan fingerprint density at radius 3 is 2.76 bits per heavy atom. The van der Waals surface area contributed by atoms with Crippen LogP contribution in [0.5, 0.6) is 11.5 Å². The van der Waals surface area contributed by atoms with Gasteiger partial charge >= 0.3 is 5.97 Å². The number of phenolic OH excluding ortho intramolecular Hbond substituents is 1. The number of aliphatic carboxylic acids is 1. The van der Waals surface area contributed by atoms with Crippen LogP contribution in [-0.2, 0) is 17.6 Å². The number of benzene rings is 2. The molecule has 0 radical (unpaired) electrons. The molecular weight excluding hydrogens is 268 g/mol. The number of hydrogen-bond acceptors (Lipinski definition) is 3. The Kier molecular flexibility index (Phi) is 3.29. The second kappa shape index (κ2) is 5.13. The molecular formula is C17H16O4. The van der Waals surface area contributed by atoms with Crippen molar-refractivity contribution in [2.45, 2.75) is 12.8 Å². The molecule has 0 aromatic heterocycles. The van der Waals surface area contributed by atoms with Crippen LogP contribution >= 0.6 is 0 Å². The maximum atomic E-state index is 11.8. The van der Waals surface area contributed by atoms with Gasteiger partial charge in [-0.3, -0.25) is 4.79 Å². The maximum Gasteiger partial charge on any atom is 0.313 e. The minimum absolute atomic E-state index is 0.134. The van der Waals surface area contributed by atoms with Crippen LogP contribution in [0.15, 0.2) is 48.5 Å². The molecule has 1 aliphatic heterocycles. The van der Waals surface area contributed by atoms with Crippen LogP contribution < -0.4 is 4.74 Å². The van der Waals surface area contributed by atoms with E-state index in [1.165, 1.54) is 0 Å². The fourth-order valence-electron chi connectivity index (χ4n) is 2.81. The summed E-state index contributed by atoms with van der Waals surface area (Å²) in [7, 11) is 0. The van der Waals surface area contributed by atoms with Crippen LogP contribution in [0.1, 0.15) is 11.1 Å². The summed E-state index contributed by atoms with van der Waals surface area (Å²) < 4.78 is 5.66. The second-order valence-corrected chi connectivity index (χ2v) is 5.51. The number of para-hydroxylation sites is 1. The first-order valence-corrected chi connectivity index (χ1v) is 6.81. The fraction of sp³-hybridized carbons (Fsp3) is 0.235. The summed E-state index contributed by atoms with van der Waals surface area (Å²) in [6, 6.07) is 14.2. The number of hydrogen-bond donors (Lipinski definition) is 2. The number of fused-ring (bicyclic) bond motifs is 1. The SMILES string of the molecule is O=C(O)C1(Cc2cccc(O)c2)COc2ccccc2C1. The highest BCUT2D eigenvalue weighted by Gasteiger charge is 2.43. The molecule has 2 aromatic rings. The molecule has 3 rings (SSSR count). The lowest BCUT2D eigenvalue weighted by atomic mass is 9.75. The van der Waals surface area contributed by atoms with Gasteiger partial charge in [-0.15, -0.1) is 0 Å². The Labute approximate surface area is 122 Å². The lowest BCUT2D eigenvalue weighted by Gasteiger charge is -2.34. The van der Waals surface area contributed by atoms with E-state index in [0.29, 0.717) is 12.8 Å². The molecule has 1 atom stereocenters. The zero-order valence-electron chi connectivity index (χ0n) is 11.5. The number of phenols is 1. The number of rotatable bonds is 3. The fourth-order valence-corrected chi connectivity index (χ4v) is 2.81. The minimum atomic E-state index is -0.998. The van der Waals surface area contributed by atoms with Crippen LogP contribution in [0.25, 0.3) is 0 Å². The van der Waals surface area contributed by atoms with Gasteiger partial charge < -0.3 is 14.9 Å². The highest BCUT2D eigenvalue weighted by molar-refractivity contribution is 5.76. The van der Waals surface area contributed by atoms with Crippen molar-refractivity contribution in [2.24, 2.45) is 5.41 Å². The van der Waals surface area contributed by atoms with Gasteiger partial charge in [-0.1, -0.05) is 30.3 Å². The molecule has 0 fully saturated rings. The lowest BCUT2D eigenvalue weighted by molar-refractivity contribution is -0.151. The first kappa shape index (κ1) is 13.5. The first-order chi connectivity index (χ1) is 10.1. The van der Waals surface area contributed by atoms with E-state index in [1.54, 1.807) is 18.2 Å². The molecule has 0 saturated heterocycles. The minimum Gasteiger partial charge on any atom is -0.508 e. The van der Waals surface area contributed by atoms with Crippen LogP contribution in [0.3, 0.4) is 0 Å². The van der Waals surface area contributed by atoms with Gasteiger partial charge in [0.25, 0.3) is 0 Å². The van der Waals surface area contributed by atoms with Crippen molar-refractivity contribution >= 4 is 5.97 Å². The van der Waals surface area contributed by atoms with Crippen molar-refractivity contribution in [3.8, 4) is 11.5 Å². The van der Waals surface area contributed by atoms with Gasteiger partial charge in [0, 0.05) is 0 Å². The first-order valence-electron chi connectivity index (χ1n) is 6.81. The molecule has 4 nitrogen and oxygen atoms in total. The summed E-state index contributed by atoms with van der Waals surface area (Å²) in [4.78, 5) is 11.8. The largest absolute Gasteiger partial charge is 0.508 e. The average Bonchev–Trinajstić information content (AvgIpc) is 2.47. The van der Waals surface area contributed by atoms with E-state index in [-0.39, 0.29) is 12.4 Å². The van der Waals surface area contributed by atoms with E-state index < -0.39 is 11.4 Å². The maximum absolute atomic E-state index is 11.8. The summed E-state index contributed by atoms with van der Waals surface area (Å²) in [5.74, 6) is 0.0239. The Balaban J connectivity index is 1.93. The third-order valence-corrected chi connectivity index (χ3v) is 3.91. The van der Waals surface area contributed by atoms with Crippen molar-refractivity contribution in [3.63, 3.8) is 0 Å². The van der Waals surface area contributed by atoms with E-state index >= 15 is 0 Å². The molecule has 0 spiro atoms. The molecule has 1 heterocycles. The van der Waals surface area contributed by atoms with Crippen molar-refractivity contribution in [1.82, 2.24) is 0 Å². The van der Waals surface area contributed by atoms with E-state index in [0.717, 1.165) is 16.9 Å². The van der Waals surface area contributed by atoms with Gasteiger partial charge in [-0.25, -0.2) is 0 Å². The Hall–Kier alpha value is -2.49. The molecule has 2 aromatic carbocycles. The molecule has 2 N–H and O–H groups in total. The zero-order valence-corrected chi connectivity index (χ0v) is 11.5. The third-order valence-electron chi connectivity index (χ3n) is 3.91. The molecule has 4 heteroatoms. The van der Waals surface area contributed by atoms with Gasteiger partial charge in [-0.05, 0) is 42.2 Å². The monoisotopic (exact) mass is 284 g/mol.